The summed E-state index contributed by atoms with van der Waals surface area (Å²) in [5, 5.41) is 10.7. The fourth-order valence-electron chi connectivity index (χ4n) is 2.22. The molecular weight excluding hydrogens is 304 g/mol. The Hall–Kier alpha value is -2.14. The second-order valence-corrected chi connectivity index (χ2v) is 5.84. The number of H-pyrrole nitrogens is 1. The Bertz CT molecular complexity index is 735. The molecule has 1 aromatic carbocycles. The summed E-state index contributed by atoms with van der Waals surface area (Å²) < 4.78 is 5.40. The molecule has 0 saturated heterocycles. The number of hydrogen-bond donors (Lipinski definition) is 2. The number of carbonyl (C=O) groups excluding carboxylic acids is 1. The molecule has 0 aliphatic rings. The third-order valence-corrected chi connectivity index (χ3v) is 3.91. The maximum Gasteiger partial charge on any atom is 0.414 e. The highest BCUT2D eigenvalue weighted by atomic mass is 35.5. The number of aromatic amines is 1. The molecule has 2 rings (SSSR count). The number of aromatic nitrogens is 1. The summed E-state index contributed by atoms with van der Waals surface area (Å²) in [5.74, 6) is 0.210. The standard InChI is InChI=1S/C16H19ClN2O3/c1-8-6-7-11(17)12(9(8)2)13-14(10(3)18-15(13)20)22-16(21)19(4)5/h6-7,18,20H,1-5H3. The number of rotatable bonds is 2. The Morgan fingerprint density at radius 3 is 2.45 bits per heavy atom. The molecule has 0 radical (unpaired) electrons. The van der Waals surface area contributed by atoms with Gasteiger partial charge in [0.05, 0.1) is 11.3 Å². The SMILES string of the molecule is Cc1ccc(Cl)c(-c2c(O)[nH]c(C)c2OC(=O)N(C)C)c1C. The van der Waals surface area contributed by atoms with Crippen LogP contribution in [0.1, 0.15) is 16.8 Å². The number of aromatic hydroxyl groups is 1. The van der Waals surface area contributed by atoms with Crippen LogP contribution in [0.5, 0.6) is 11.6 Å². The lowest BCUT2D eigenvalue weighted by Gasteiger charge is -2.15. The van der Waals surface area contributed by atoms with Crippen molar-refractivity contribution in [2.75, 3.05) is 14.1 Å². The van der Waals surface area contributed by atoms with Crippen LogP contribution in [0.15, 0.2) is 12.1 Å². The molecule has 0 saturated carbocycles. The van der Waals surface area contributed by atoms with Crippen molar-refractivity contribution in [3.8, 4) is 22.8 Å². The summed E-state index contributed by atoms with van der Waals surface area (Å²) in [6.07, 6.45) is -0.523. The zero-order valence-electron chi connectivity index (χ0n) is 13.2. The highest BCUT2D eigenvalue weighted by Gasteiger charge is 2.24. The van der Waals surface area contributed by atoms with Crippen molar-refractivity contribution in [2.45, 2.75) is 20.8 Å². The molecule has 0 spiro atoms. The monoisotopic (exact) mass is 322 g/mol. The van der Waals surface area contributed by atoms with Crippen molar-refractivity contribution >= 4 is 17.7 Å². The molecule has 5 nitrogen and oxygen atoms in total. The van der Waals surface area contributed by atoms with Gasteiger partial charge in [0, 0.05) is 24.7 Å². The molecule has 1 aromatic heterocycles. The molecule has 0 aliphatic heterocycles. The molecule has 0 atom stereocenters. The van der Waals surface area contributed by atoms with Gasteiger partial charge in [-0.1, -0.05) is 17.7 Å². The first kappa shape index (κ1) is 16.2. The minimum atomic E-state index is -0.523. The highest BCUT2D eigenvalue weighted by molar-refractivity contribution is 6.33. The van der Waals surface area contributed by atoms with Crippen LogP contribution in [0.3, 0.4) is 0 Å². The predicted octanol–water partition coefficient (Wildman–Crippen LogP) is 4.03. The van der Waals surface area contributed by atoms with Gasteiger partial charge in [-0.15, -0.1) is 0 Å². The van der Waals surface area contributed by atoms with E-state index in [1.165, 1.54) is 4.90 Å². The molecule has 0 bridgehead atoms. The van der Waals surface area contributed by atoms with E-state index in [-0.39, 0.29) is 11.6 Å². The van der Waals surface area contributed by atoms with Crippen LogP contribution in [-0.2, 0) is 0 Å². The number of nitrogens with zero attached hydrogens (tertiary/aromatic N) is 1. The molecule has 22 heavy (non-hydrogen) atoms. The van der Waals surface area contributed by atoms with Crippen LogP contribution in [-0.4, -0.2) is 35.2 Å². The number of aryl methyl sites for hydroxylation is 2. The zero-order valence-corrected chi connectivity index (χ0v) is 14.0. The van der Waals surface area contributed by atoms with Gasteiger partial charge in [-0.2, -0.15) is 0 Å². The first-order valence-corrected chi connectivity index (χ1v) is 7.18. The third kappa shape index (κ3) is 2.76. The van der Waals surface area contributed by atoms with Crippen molar-refractivity contribution < 1.29 is 14.6 Å². The van der Waals surface area contributed by atoms with Gasteiger partial charge in [0.2, 0.25) is 5.88 Å². The van der Waals surface area contributed by atoms with Crippen LogP contribution >= 0.6 is 11.6 Å². The van der Waals surface area contributed by atoms with Gasteiger partial charge in [-0.3, -0.25) is 0 Å². The Morgan fingerprint density at radius 2 is 1.86 bits per heavy atom. The number of benzene rings is 1. The maximum atomic E-state index is 11.9. The van der Waals surface area contributed by atoms with Gasteiger partial charge >= 0.3 is 6.09 Å². The quantitative estimate of drug-likeness (QED) is 0.877. The summed E-state index contributed by atoms with van der Waals surface area (Å²) in [6, 6.07) is 3.67. The largest absolute Gasteiger partial charge is 0.494 e. The Labute approximate surface area is 134 Å². The first-order valence-electron chi connectivity index (χ1n) is 6.80. The smallest absolute Gasteiger partial charge is 0.414 e. The van der Waals surface area contributed by atoms with E-state index in [0.717, 1.165) is 11.1 Å². The minimum absolute atomic E-state index is 0.0744. The number of ether oxygens (including phenoxy) is 1. The molecule has 118 valence electrons. The fraction of sp³-hybridized carbons (Fsp3) is 0.312. The average molecular weight is 323 g/mol. The Morgan fingerprint density at radius 1 is 1.23 bits per heavy atom. The molecule has 0 fully saturated rings. The van der Waals surface area contributed by atoms with E-state index in [4.69, 9.17) is 16.3 Å². The molecule has 0 aliphatic carbocycles. The molecular formula is C16H19ClN2O3. The molecule has 1 amide bonds. The molecule has 1 heterocycles. The van der Waals surface area contributed by atoms with Gasteiger partial charge in [-0.25, -0.2) is 4.79 Å². The minimum Gasteiger partial charge on any atom is -0.494 e. The number of halogens is 1. The first-order chi connectivity index (χ1) is 10.2. The Balaban J connectivity index is 2.67. The molecule has 6 heteroatoms. The second-order valence-electron chi connectivity index (χ2n) is 5.43. The summed E-state index contributed by atoms with van der Waals surface area (Å²) in [7, 11) is 3.18. The average Bonchev–Trinajstić information content (AvgIpc) is 2.70. The summed E-state index contributed by atoms with van der Waals surface area (Å²) in [5.41, 5.74) is 3.56. The van der Waals surface area contributed by atoms with Crippen LogP contribution in [0.4, 0.5) is 4.79 Å². The highest BCUT2D eigenvalue weighted by Crippen LogP contribution is 2.45. The van der Waals surface area contributed by atoms with Crippen molar-refractivity contribution in [1.29, 1.82) is 0 Å². The van der Waals surface area contributed by atoms with E-state index >= 15 is 0 Å². The molecule has 2 N–H and O–H groups in total. The third-order valence-electron chi connectivity index (χ3n) is 3.60. The maximum absolute atomic E-state index is 11.9. The van der Waals surface area contributed by atoms with E-state index in [1.807, 2.05) is 19.9 Å². The van der Waals surface area contributed by atoms with E-state index < -0.39 is 6.09 Å². The number of amides is 1. The predicted molar refractivity (Wildman–Crippen MR) is 86.8 cm³/mol. The summed E-state index contributed by atoms with van der Waals surface area (Å²) >= 11 is 6.31. The van der Waals surface area contributed by atoms with E-state index in [2.05, 4.69) is 4.98 Å². The summed E-state index contributed by atoms with van der Waals surface area (Å²) in [4.78, 5) is 16.0. The van der Waals surface area contributed by atoms with Gasteiger partial charge in [0.1, 0.15) is 0 Å². The zero-order chi connectivity index (χ0) is 16.6. The lowest BCUT2D eigenvalue weighted by molar-refractivity contribution is 0.172. The number of carbonyl (C=O) groups is 1. The second kappa shape index (κ2) is 5.93. The number of nitrogens with one attached hydrogen (secondary N) is 1. The van der Waals surface area contributed by atoms with Crippen LogP contribution in [0.2, 0.25) is 5.02 Å². The van der Waals surface area contributed by atoms with E-state index in [1.54, 1.807) is 27.1 Å². The van der Waals surface area contributed by atoms with Crippen LogP contribution < -0.4 is 4.74 Å². The van der Waals surface area contributed by atoms with Crippen LogP contribution in [0, 0.1) is 20.8 Å². The van der Waals surface area contributed by atoms with Gasteiger partial charge in [0.15, 0.2) is 5.75 Å². The van der Waals surface area contributed by atoms with Gasteiger partial charge < -0.3 is 19.7 Å². The van der Waals surface area contributed by atoms with Crippen molar-refractivity contribution in [3.63, 3.8) is 0 Å². The van der Waals surface area contributed by atoms with Gasteiger partial charge in [-0.05, 0) is 38.0 Å². The van der Waals surface area contributed by atoms with E-state index in [9.17, 15) is 9.90 Å². The van der Waals surface area contributed by atoms with Crippen LogP contribution in [0.25, 0.3) is 11.1 Å². The molecule has 2 aromatic rings. The van der Waals surface area contributed by atoms with Crippen molar-refractivity contribution in [1.82, 2.24) is 9.88 Å². The number of hydrogen-bond acceptors (Lipinski definition) is 3. The lowest BCUT2D eigenvalue weighted by Crippen LogP contribution is -2.25. The van der Waals surface area contributed by atoms with Crippen molar-refractivity contribution in [2.24, 2.45) is 0 Å². The normalized spacial score (nSPS) is 10.6. The van der Waals surface area contributed by atoms with E-state index in [0.29, 0.717) is 21.8 Å². The molecule has 0 unspecified atom stereocenters. The summed E-state index contributed by atoms with van der Waals surface area (Å²) in [6.45, 7) is 5.59. The fourth-order valence-corrected chi connectivity index (χ4v) is 2.52. The Kier molecular flexibility index (Phi) is 4.37. The topological polar surface area (TPSA) is 65.6 Å². The van der Waals surface area contributed by atoms with Crippen molar-refractivity contribution in [3.05, 3.63) is 34.0 Å². The lowest BCUT2D eigenvalue weighted by atomic mass is 9.97. The van der Waals surface area contributed by atoms with Gasteiger partial charge in [0.25, 0.3) is 0 Å².